The molecule has 16 heavy (non-hydrogen) atoms. The zero-order valence-corrected chi connectivity index (χ0v) is 11.5. The fourth-order valence-corrected chi connectivity index (χ4v) is 3.58. The van der Waals surface area contributed by atoms with Crippen molar-refractivity contribution in [2.45, 2.75) is 4.90 Å². The number of nitrogens with one attached hydrogen (secondary N) is 1. The maximum absolute atomic E-state index is 5.47. The maximum atomic E-state index is 5.47. The van der Waals surface area contributed by atoms with Crippen molar-refractivity contribution >= 4 is 50.0 Å². The van der Waals surface area contributed by atoms with Crippen LogP contribution in [0.1, 0.15) is 0 Å². The van der Waals surface area contributed by atoms with Gasteiger partial charge in [0.05, 0.1) is 0 Å². The topological polar surface area (TPSA) is 50.9 Å². The Hall–Kier alpha value is -0.850. The van der Waals surface area contributed by atoms with E-state index in [1.165, 1.54) is 0 Å². The van der Waals surface area contributed by atoms with E-state index >= 15 is 0 Å². The molecular formula is C10H10BrN3S2. The number of nitrogens with two attached hydrogens (primary N) is 1. The summed E-state index contributed by atoms with van der Waals surface area (Å²) in [5.74, 6) is 0.734. The number of hydrogen-bond donors (Lipinski definition) is 3. The van der Waals surface area contributed by atoms with Crippen LogP contribution in [0, 0.1) is 0 Å². The van der Waals surface area contributed by atoms with Crippen LogP contribution in [0.25, 0.3) is 0 Å². The molecule has 0 aromatic carbocycles. The van der Waals surface area contributed by atoms with Crippen molar-refractivity contribution in [3.05, 3.63) is 39.7 Å². The fourth-order valence-electron chi connectivity index (χ4n) is 1.33. The minimum Gasteiger partial charge on any atom is -0.376 e. The van der Waals surface area contributed by atoms with Crippen molar-refractivity contribution in [1.29, 1.82) is 0 Å². The first-order valence-electron chi connectivity index (χ1n) is 4.52. The summed E-state index contributed by atoms with van der Waals surface area (Å²) in [6, 6.07) is 2.04. The summed E-state index contributed by atoms with van der Waals surface area (Å²) in [7, 11) is -0.439. The van der Waals surface area contributed by atoms with Crippen LogP contribution in [-0.2, 0) is 0 Å². The number of aromatic nitrogens is 1. The van der Waals surface area contributed by atoms with Crippen molar-refractivity contribution in [1.82, 2.24) is 4.98 Å². The lowest BCUT2D eigenvalue weighted by Gasteiger charge is -2.15. The van der Waals surface area contributed by atoms with Crippen molar-refractivity contribution in [2.24, 2.45) is 5.73 Å². The molecule has 0 amide bonds. The zero-order chi connectivity index (χ0) is 11.5. The van der Waals surface area contributed by atoms with Crippen LogP contribution in [0.3, 0.4) is 0 Å². The molecule has 1 aliphatic heterocycles. The van der Waals surface area contributed by atoms with Crippen molar-refractivity contribution in [3.63, 3.8) is 0 Å². The SMILES string of the molecule is NC(=S)Nc1ncc(Br)cc1[SH]1C=CC=C1. The maximum Gasteiger partial charge on any atom is 0.169 e. The molecule has 0 spiro atoms. The van der Waals surface area contributed by atoms with Gasteiger partial charge in [-0.1, -0.05) is 12.2 Å². The van der Waals surface area contributed by atoms with Gasteiger partial charge in [0, 0.05) is 15.6 Å². The quantitative estimate of drug-likeness (QED) is 0.580. The van der Waals surface area contributed by atoms with E-state index in [0.717, 1.165) is 15.2 Å². The van der Waals surface area contributed by atoms with Gasteiger partial charge in [0.2, 0.25) is 0 Å². The molecule has 1 aromatic heterocycles. The number of hydrogen-bond acceptors (Lipinski definition) is 2. The van der Waals surface area contributed by atoms with Gasteiger partial charge in [-0.25, -0.2) is 4.98 Å². The summed E-state index contributed by atoms with van der Waals surface area (Å²) in [6.07, 6.45) is 5.80. The summed E-state index contributed by atoms with van der Waals surface area (Å²) in [6.45, 7) is 0. The third kappa shape index (κ3) is 2.63. The van der Waals surface area contributed by atoms with Crippen LogP contribution >= 0.6 is 39.0 Å². The van der Waals surface area contributed by atoms with Gasteiger partial charge in [0.25, 0.3) is 0 Å². The second kappa shape index (κ2) is 4.99. The molecule has 0 radical (unpaired) electrons. The van der Waals surface area contributed by atoms with E-state index < -0.39 is 10.9 Å². The Morgan fingerprint density at radius 1 is 1.44 bits per heavy atom. The molecule has 0 fully saturated rings. The van der Waals surface area contributed by atoms with Crippen LogP contribution in [0.4, 0.5) is 5.82 Å². The molecule has 0 saturated heterocycles. The Labute approximate surface area is 110 Å². The van der Waals surface area contributed by atoms with Gasteiger partial charge in [0.15, 0.2) is 5.11 Å². The summed E-state index contributed by atoms with van der Waals surface area (Å²) in [4.78, 5) is 5.40. The molecule has 1 aromatic rings. The van der Waals surface area contributed by atoms with Gasteiger partial charge in [0.1, 0.15) is 5.82 Å². The molecule has 2 heterocycles. The van der Waals surface area contributed by atoms with E-state index in [1.807, 2.05) is 18.2 Å². The Balaban J connectivity index is 2.39. The molecule has 0 aliphatic carbocycles. The predicted octanol–water partition coefficient (Wildman–Crippen LogP) is 2.90. The number of allylic oxidation sites excluding steroid dienone is 2. The highest BCUT2D eigenvalue weighted by Gasteiger charge is 2.11. The van der Waals surface area contributed by atoms with Gasteiger partial charge in [-0.2, -0.15) is 10.9 Å². The van der Waals surface area contributed by atoms with E-state index in [-0.39, 0.29) is 5.11 Å². The largest absolute Gasteiger partial charge is 0.376 e. The smallest absolute Gasteiger partial charge is 0.169 e. The average molecular weight is 316 g/mol. The first-order valence-corrected chi connectivity index (χ1v) is 7.20. The van der Waals surface area contributed by atoms with Crippen molar-refractivity contribution in [3.8, 4) is 0 Å². The van der Waals surface area contributed by atoms with Gasteiger partial charge in [-0.3, -0.25) is 0 Å². The Morgan fingerprint density at radius 2 is 2.12 bits per heavy atom. The molecule has 6 heteroatoms. The highest BCUT2D eigenvalue weighted by Crippen LogP contribution is 2.45. The first-order chi connectivity index (χ1) is 7.66. The molecule has 2 rings (SSSR count). The Kier molecular flexibility index (Phi) is 3.63. The van der Waals surface area contributed by atoms with Crippen molar-refractivity contribution in [2.75, 3.05) is 5.32 Å². The highest BCUT2D eigenvalue weighted by molar-refractivity contribution is 9.10. The van der Waals surface area contributed by atoms with E-state index in [0.29, 0.717) is 0 Å². The summed E-state index contributed by atoms with van der Waals surface area (Å²) >= 11 is 8.25. The monoisotopic (exact) mass is 315 g/mol. The third-order valence-corrected chi connectivity index (χ3v) is 4.38. The lowest BCUT2D eigenvalue weighted by atomic mass is 10.4. The van der Waals surface area contributed by atoms with Crippen LogP contribution in [0.2, 0.25) is 0 Å². The van der Waals surface area contributed by atoms with Crippen molar-refractivity contribution < 1.29 is 0 Å². The molecule has 0 atom stereocenters. The standard InChI is InChI=1S/C10H10BrN3S2/c11-7-5-8(16-3-1-2-4-16)9(13-6-7)14-10(12)15/h1-6,16H,(H3,12,13,14,15). The molecule has 84 valence electrons. The summed E-state index contributed by atoms with van der Waals surface area (Å²) in [5, 5.41) is 7.45. The molecule has 0 saturated carbocycles. The van der Waals surface area contributed by atoms with E-state index in [9.17, 15) is 0 Å². The number of pyridine rings is 1. The minimum atomic E-state index is -0.439. The molecule has 0 unspecified atom stereocenters. The second-order valence-corrected chi connectivity index (χ2v) is 6.35. The van der Waals surface area contributed by atoms with E-state index in [1.54, 1.807) is 6.20 Å². The molecule has 3 nitrogen and oxygen atoms in total. The van der Waals surface area contributed by atoms with Crippen LogP contribution in [-0.4, -0.2) is 10.1 Å². The molecule has 3 N–H and O–H groups in total. The number of nitrogens with zero attached hydrogens (tertiary/aromatic N) is 1. The van der Waals surface area contributed by atoms with Gasteiger partial charge in [-0.15, -0.1) is 0 Å². The third-order valence-electron chi connectivity index (χ3n) is 1.96. The average Bonchev–Trinajstić information content (AvgIpc) is 2.73. The fraction of sp³-hybridized carbons (Fsp3) is 0. The van der Waals surface area contributed by atoms with Crippen LogP contribution < -0.4 is 11.1 Å². The summed E-state index contributed by atoms with van der Waals surface area (Å²) in [5.41, 5.74) is 5.47. The molecule has 1 aliphatic rings. The number of anilines is 1. The highest BCUT2D eigenvalue weighted by atomic mass is 79.9. The lowest BCUT2D eigenvalue weighted by molar-refractivity contribution is 1.22. The zero-order valence-electron chi connectivity index (χ0n) is 8.22. The predicted molar refractivity (Wildman–Crippen MR) is 77.9 cm³/mol. The number of rotatable bonds is 2. The van der Waals surface area contributed by atoms with Gasteiger partial charge in [-0.05, 0) is 45.0 Å². The number of thiocarbonyl (C=S) groups is 1. The Bertz CT molecular complexity index is 473. The number of thiol groups is 1. The Morgan fingerprint density at radius 3 is 2.75 bits per heavy atom. The summed E-state index contributed by atoms with van der Waals surface area (Å²) < 4.78 is 0.951. The normalized spacial score (nSPS) is 15.4. The van der Waals surface area contributed by atoms with E-state index in [4.69, 9.17) is 18.0 Å². The van der Waals surface area contributed by atoms with Crippen LogP contribution in [0.15, 0.2) is 44.6 Å². The lowest BCUT2D eigenvalue weighted by Crippen LogP contribution is -2.20. The first kappa shape index (κ1) is 11.6. The van der Waals surface area contributed by atoms with Gasteiger partial charge < -0.3 is 11.1 Å². The molecular weight excluding hydrogens is 306 g/mol. The second-order valence-electron chi connectivity index (χ2n) is 3.10. The number of halogens is 1. The minimum absolute atomic E-state index is 0.234. The van der Waals surface area contributed by atoms with E-state index in [2.05, 4.69) is 37.0 Å². The van der Waals surface area contributed by atoms with Crippen LogP contribution in [0.5, 0.6) is 0 Å². The molecule has 0 bridgehead atoms. The van der Waals surface area contributed by atoms with Gasteiger partial charge >= 0.3 is 0 Å².